The molecule has 0 fully saturated rings. The van der Waals surface area contributed by atoms with Gasteiger partial charge in [-0.25, -0.2) is 9.59 Å². The second-order valence-corrected chi connectivity index (χ2v) is 4.46. The summed E-state index contributed by atoms with van der Waals surface area (Å²) in [5.41, 5.74) is 1.74. The number of nitrogens with one attached hydrogen (secondary N) is 1. The van der Waals surface area contributed by atoms with Crippen LogP contribution in [0.2, 0.25) is 0 Å². The normalized spacial score (nSPS) is 10.2. The minimum atomic E-state index is -1.03. The Morgan fingerprint density at radius 1 is 1.43 bits per heavy atom. The third kappa shape index (κ3) is 6.71. The number of aromatic nitrogens is 1. The molecule has 0 bridgehead atoms. The SMILES string of the molecule is CCN(Cc1cccc(C)n1)C(=O)NCCOCC(=O)O. The summed E-state index contributed by atoms with van der Waals surface area (Å²) in [5.74, 6) is -1.03. The highest BCUT2D eigenvalue weighted by molar-refractivity contribution is 5.74. The van der Waals surface area contributed by atoms with Crippen LogP contribution in [-0.4, -0.2) is 53.3 Å². The van der Waals surface area contributed by atoms with Crippen molar-refractivity contribution in [1.29, 1.82) is 0 Å². The number of rotatable bonds is 8. The first-order chi connectivity index (χ1) is 10.0. The molecule has 0 radical (unpaired) electrons. The molecule has 0 aliphatic carbocycles. The summed E-state index contributed by atoms with van der Waals surface area (Å²) in [5, 5.41) is 11.1. The van der Waals surface area contributed by atoms with E-state index < -0.39 is 5.97 Å². The lowest BCUT2D eigenvalue weighted by Crippen LogP contribution is -2.41. The van der Waals surface area contributed by atoms with E-state index in [4.69, 9.17) is 9.84 Å². The topological polar surface area (TPSA) is 91.8 Å². The Kier molecular flexibility index (Phi) is 7.17. The number of hydrogen-bond donors (Lipinski definition) is 2. The number of aliphatic carboxylic acids is 1. The lowest BCUT2D eigenvalue weighted by molar-refractivity contribution is -0.142. The van der Waals surface area contributed by atoms with Gasteiger partial charge in [0.25, 0.3) is 0 Å². The number of carbonyl (C=O) groups excluding carboxylic acids is 1. The summed E-state index contributed by atoms with van der Waals surface area (Å²) < 4.78 is 4.85. The van der Waals surface area contributed by atoms with E-state index in [2.05, 4.69) is 10.3 Å². The Morgan fingerprint density at radius 3 is 2.81 bits per heavy atom. The minimum absolute atomic E-state index is 0.165. The van der Waals surface area contributed by atoms with Gasteiger partial charge in [-0.2, -0.15) is 0 Å². The fourth-order valence-electron chi connectivity index (χ4n) is 1.71. The van der Waals surface area contributed by atoms with Crippen LogP contribution in [0.4, 0.5) is 4.79 Å². The van der Waals surface area contributed by atoms with Crippen molar-refractivity contribution in [2.75, 3.05) is 26.3 Å². The first-order valence-corrected chi connectivity index (χ1v) is 6.77. The average molecular weight is 295 g/mol. The van der Waals surface area contributed by atoms with Crippen LogP contribution in [0.25, 0.3) is 0 Å². The number of ether oxygens (including phenoxy) is 1. The van der Waals surface area contributed by atoms with Gasteiger partial charge < -0.3 is 20.1 Å². The molecule has 1 heterocycles. The van der Waals surface area contributed by atoms with Gasteiger partial charge in [-0.3, -0.25) is 4.98 Å². The lowest BCUT2D eigenvalue weighted by atomic mass is 10.3. The number of carboxylic acids is 1. The van der Waals surface area contributed by atoms with Crippen molar-refractivity contribution in [1.82, 2.24) is 15.2 Å². The molecular formula is C14H21N3O4. The monoisotopic (exact) mass is 295 g/mol. The molecule has 116 valence electrons. The van der Waals surface area contributed by atoms with E-state index in [0.29, 0.717) is 13.1 Å². The zero-order valence-electron chi connectivity index (χ0n) is 12.3. The Balaban J connectivity index is 2.37. The third-order valence-corrected chi connectivity index (χ3v) is 2.72. The van der Waals surface area contributed by atoms with Crippen LogP contribution in [0.5, 0.6) is 0 Å². The van der Waals surface area contributed by atoms with Crippen molar-refractivity contribution >= 4 is 12.0 Å². The van der Waals surface area contributed by atoms with Gasteiger partial charge in [-0.1, -0.05) is 6.07 Å². The van der Waals surface area contributed by atoms with Gasteiger partial charge in [-0.15, -0.1) is 0 Å². The fourth-order valence-corrected chi connectivity index (χ4v) is 1.71. The van der Waals surface area contributed by atoms with Crippen molar-refractivity contribution in [2.24, 2.45) is 0 Å². The second kappa shape index (κ2) is 8.91. The molecule has 1 aromatic heterocycles. The first-order valence-electron chi connectivity index (χ1n) is 6.77. The quantitative estimate of drug-likeness (QED) is 0.699. The van der Waals surface area contributed by atoms with Gasteiger partial charge in [0.1, 0.15) is 6.61 Å². The van der Waals surface area contributed by atoms with E-state index in [1.54, 1.807) is 4.90 Å². The van der Waals surface area contributed by atoms with E-state index in [0.717, 1.165) is 11.4 Å². The highest BCUT2D eigenvalue weighted by Gasteiger charge is 2.12. The average Bonchev–Trinajstić information content (AvgIpc) is 2.44. The zero-order valence-corrected chi connectivity index (χ0v) is 12.3. The van der Waals surface area contributed by atoms with Gasteiger partial charge in [0, 0.05) is 18.8 Å². The Hall–Kier alpha value is -2.15. The van der Waals surface area contributed by atoms with E-state index in [9.17, 15) is 9.59 Å². The predicted molar refractivity (Wildman–Crippen MR) is 76.9 cm³/mol. The van der Waals surface area contributed by atoms with Crippen LogP contribution in [0.3, 0.4) is 0 Å². The number of aryl methyl sites for hydroxylation is 1. The molecule has 0 spiro atoms. The number of urea groups is 1. The summed E-state index contributed by atoms with van der Waals surface area (Å²) in [7, 11) is 0. The van der Waals surface area contributed by atoms with Crippen LogP contribution in [0.1, 0.15) is 18.3 Å². The van der Waals surface area contributed by atoms with Crippen molar-refractivity contribution in [2.45, 2.75) is 20.4 Å². The number of amides is 2. The highest BCUT2D eigenvalue weighted by atomic mass is 16.5. The predicted octanol–water partition coefficient (Wildman–Crippen LogP) is 1.02. The number of carboxylic acid groups (broad SMARTS) is 1. The molecule has 0 saturated heterocycles. The van der Waals surface area contributed by atoms with Crippen molar-refractivity contribution in [3.63, 3.8) is 0 Å². The number of hydrogen-bond acceptors (Lipinski definition) is 4. The Bertz CT molecular complexity index is 479. The van der Waals surface area contributed by atoms with Crippen LogP contribution >= 0.6 is 0 Å². The maximum Gasteiger partial charge on any atom is 0.329 e. The molecule has 7 nitrogen and oxygen atoms in total. The van der Waals surface area contributed by atoms with Crippen LogP contribution < -0.4 is 5.32 Å². The van der Waals surface area contributed by atoms with E-state index in [-0.39, 0.29) is 25.8 Å². The molecule has 1 rings (SSSR count). The molecule has 1 aromatic rings. The molecule has 0 aliphatic rings. The van der Waals surface area contributed by atoms with Gasteiger partial charge >= 0.3 is 12.0 Å². The maximum atomic E-state index is 12.0. The molecule has 0 saturated carbocycles. The minimum Gasteiger partial charge on any atom is -0.480 e. The van der Waals surface area contributed by atoms with E-state index >= 15 is 0 Å². The molecule has 0 aromatic carbocycles. The molecule has 0 atom stereocenters. The first kappa shape index (κ1) is 16.9. The summed E-state index contributed by atoms with van der Waals surface area (Å²) in [4.78, 5) is 28.2. The van der Waals surface area contributed by atoms with Gasteiger partial charge in [0.05, 0.1) is 18.8 Å². The van der Waals surface area contributed by atoms with Crippen LogP contribution in [-0.2, 0) is 16.1 Å². The van der Waals surface area contributed by atoms with E-state index in [1.807, 2.05) is 32.0 Å². The smallest absolute Gasteiger partial charge is 0.329 e. The fraction of sp³-hybridized carbons (Fsp3) is 0.500. The largest absolute Gasteiger partial charge is 0.480 e. The lowest BCUT2D eigenvalue weighted by Gasteiger charge is -2.21. The summed E-state index contributed by atoms with van der Waals surface area (Å²) in [6, 6.07) is 5.46. The third-order valence-electron chi connectivity index (χ3n) is 2.72. The van der Waals surface area contributed by atoms with E-state index in [1.165, 1.54) is 0 Å². The summed E-state index contributed by atoms with van der Waals surface area (Å²) in [6.07, 6.45) is 0. The molecule has 2 amide bonds. The molecule has 0 aliphatic heterocycles. The standard InChI is InChI=1S/C14H21N3O4/c1-3-17(9-12-6-4-5-11(2)16-12)14(20)15-7-8-21-10-13(18)19/h4-6H,3,7-10H2,1-2H3,(H,15,20)(H,18,19). The van der Waals surface area contributed by atoms with Gasteiger partial charge in [0.2, 0.25) is 0 Å². The molecular weight excluding hydrogens is 274 g/mol. The highest BCUT2D eigenvalue weighted by Crippen LogP contribution is 2.03. The molecule has 0 unspecified atom stereocenters. The van der Waals surface area contributed by atoms with Crippen molar-refractivity contribution < 1.29 is 19.4 Å². The maximum absolute atomic E-state index is 12.0. The Labute approximate surface area is 123 Å². The second-order valence-electron chi connectivity index (χ2n) is 4.46. The zero-order chi connectivity index (χ0) is 15.7. The summed E-state index contributed by atoms with van der Waals surface area (Å²) >= 11 is 0. The summed E-state index contributed by atoms with van der Waals surface area (Å²) in [6.45, 7) is 4.84. The molecule has 2 N–H and O–H groups in total. The van der Waals surface area contributed by atoms with Crippen molar-refractivity contribution in [3.8, 4) is 0 Å². The molecule has 21 heavy (non-hydrogen) atoms. The van der Waals surface area contributed by atoms with Crippen LogP contribution in [0, 0.1) is 6.92 Å². The van der Waals surface area contributed by atoms with Gasteiger partial charge in [-0.05, 0) is 26.0 Å². The molecule has 7 heteroatoms. The number of nitrogens with zero attached hydrogens (tertiary/aromatic N) is 2. The van der Waals surface area contributed by atoms with Crippen LogP contribution in [0.15, 0.2) is 18.2 Å². The van der Waals surface area contributed by atoms with Crippen molar-refractivity contribution in [3.05, 3.63) is 29.6 Å². The van der Waals surface area contributed by atoms with Gasteiger partial charge in [0.15, 0.2) is 0 Å². The number of carbonyl (C=O) groups is 2. The Morgan fingerprint density at radius 2 is 2.19 bits per heavy atom. The number of pyridine rings is 1.